The van der Waals surface area contributed by atoms with Gasteiger partial charge in [-0.1, -0.05) is 70.5 Å². The molecular weight excluding hydrogens is 254 g/mol. The molecule has 21 heavy (non-hydrogen) atoms. The molecule has 0 saturated heterocycles. The second kappa shape index (κ2) is 9.78. The van der Waals surface area contributed by atoms with Crippen LogP contribution in [-0.4, -0.2) is 30.7 Å². The molecule has 1 aromatic carbocycles. The highest BCUT2D eigenvalue weighted by molar-refractivity contribution is 5.63. The zero-order valence-electron chi connectivity index (χ0n) is 14.4. The van der Waals surface area contributed by atoms with Crippen LogP contribution in [0.25, 0.3) is 5.57 Å². The second-order valence-electron chi connectivity index (χ2n) is 6.35. The summed E-state index contributed by atoms with van der Waals surface area (Å²) in [7, 11) is 0. The van der Waals surface area contributed by atoms with Gasteiger partial charge in [-0.15, -0.1) is 0 Å². The Hall–Kier alpha value is -1.08. The highest BCUT2D eigenvalue weighted by Gasteiger charge is 2.26. The standard InChI is InChI=1S/C20H34N/c1-5-8-16-21(15-7-3,17-9-6-2)18-19(4)20-13-11-10-12-14-20/h10-14H,4-9,15-18H2,1-3H3/q+1. The number of benzene rings is 1. The Balaban J connectivity index is 2.84. The van der Waals surface area contributed by atoms with E-state index in [1.807, 2.05) is 0 Å². The van der Waals surface area contributed by atoms with Crippen LogP contribution in [0.4, 0.5) is 0 Å². The molecule has 1 aromatic rings. The lowest BCUT2D eigenvalue weighted by molar-refractivity contribution is -0.921. The zero-order valence-corrected chi connectivity index (χ0v) is 14.4. The quantitative estimate of drug-likeness (QED) is 0.470. The predicted molar refractivity (Wildman–Crippen MR) is 95.3 cm³/mol. The van der Waals surface area contributed by atoms with Gasteiger partial charge in [-0.2, -0.15) is 0 Å². The van der Waals surface area contributed by atoms with E-state index >= 15 is 0 Å². The van der Waals surface area contributed by atoms with Crippen LogP contribution in [0.5, 0.6) is 0 Å². The third-order valence-electron chi connectivity index (χ3n) is 4.38. The first-order valence-corrected chi connectivity index (χ1v) is 8.75. The van der Waals surface area contributed by atoms with Gasteiger partial charge in [0.15, 0.2) is 0 Å². The largest absolute Gasteiger partial charge is 0.320 e. The summed E-state index contributed by atoms with van der Waals surface area (Å²) < 4.78 is 1.23. The van der Waals surface area contributed by atoms with Crippen LogP contribution in [0, 0.1) is 0 Å². The Kier molecular flexibility index (Phi) is 8.37. The van der Waals surface area contributed by atoms with Crippen LogP contribution in [0.2, 0.25) is 0 Å². The van der Waals surface area contributed by atoms with E-state index in [2.05, 4.69) is 57.7 Å². The second-order valence-corrected chi connectivity index (χ2v) is 6.35. The summed E-state index contributed by atoms with van der Waals surface area (Å²) >= 11 is 0. The Labute approximate surface area is 132 Å². The monoisotopic (exact) mass is 288 g/mol. The van der Waals surface area contributed by atoms with Crippen LogP contribution < -0.4 is 0 Å². The lowest BCUT2D eigenvalue weighted by Gasteiger charge is -2.39. The van der Waals surface area contributed by atoms with E-state index in [1.165, 1.54) is 67.4 Å². The molecular formula is C20H34N+. The fourth-order valence-corrected chi connectivity index (χ4v) is 3.20. The lowest BCUT2D eigenvalue weighted by atomic mass is 10.0. The Morgan fingerprint density at radius 2 is 1.43 bits per heavy atom. The van der Waals surface area contributed by atoms with Crippen molar-refractivity contribution in [3.05, 3.63) is 42.5 Å². The van der Waals surface area contributed by atoms with Crippen molar-refractivity contribution < 1.29 is 4.48 Å². The summed E-state index contributed by atoms with van der Waals surface area (Å²) in [6.45, 7) is 16.3. The Morgan fingerprint density at radius 3 is 1.90 bits per heavy atom. The molecule has 0 heterocycles. The number of hydrogen-bond acceptors (Lipinski definition) is 0. The normalized spacial score (nSPS) is 11.6. The molecule has 0 fully saturated rings. The third kappa shape index (κ3) is 6.05. The first-order chi connectivity index (χ1) is 10.2. The molecule has 0 aliphatic carbocycles. The molecule has 0 aliphatic rings. The van der Waals surface area contributed by atoms with Gasteiger partial charge in [-0.25, -0.2) is 0 Å². The molecule has 0 N–H and O–H groups in total. The molecule has 0 spiro atoms. The van der Waals surface area contributed by atoms with Crippen LogP contribution in [0.1, 0.15) is 58.4 Å². The van der Waals surface area contributed by atoms with Crippen molar-refractivity contribution in [1.82, 2.24) is 0 Å². The first-order valence-electron chi connectivity index (χ1n) is 8.75. The molecule has 0 atom stereocenters. The Bertz CT molecular complexity index is 386. The van der Waals surface area contributed by atoms with Gasteiger partial charge in [0.2, 0.25) is 0 Å². The van der Waals surface area contributed by atoms with Crippen molar-refractivity contribution in [3.8, 4) is 0 Å². The van der Waals surface area contributed by atoms with E-state index < -0.39 is 0 Å². The number of unbranched alkanes of at least 4 members (excludes halogenated alkanes) is 2. The van der Waals surface area contributed by atoms with Gasteiger partial charge in [0.05, 0.1) is 19.6 Å². The lowest BCUT2D eigenvalue weighted by Crippen LogP contribution is -2.50. The molecule has 118 valence electrons. The first kappa shape index (κ1) is 18.0. The minimum Gasteiger partial charge on any atom is -0.320 e. The maximum Gasteiger partial charge on any atom is 0.104 e. The average molecular weight is 288 g/mol. The number of nitrogens with zero attached hydrogens (tertiary/aromatic N) is 1. The number of quaternary nitrogens is 1. The summed E-state index contributed by atoms with van der Waals surface area (Å²) in [5.41, 5.74) is 2.61. The van der Waals surface area contributed by atoms with E-state index in [4.69, 9.17) is 0 Å². The SMILES string of the molecule is C=C(C[N+](CCC)(CCCC)CCCC)c1ccccc1. The highest BCUT2D eigenvalue weighted by Crippen LogP contribution is 2.21. The number of rotatable bonds is 11. The molecule has 0 radical (unpaired) electrons. The maximum absolute atomic E-state index is 4.39. The fourth-order valence-electron chi connectivity index (χ4n) is 3.20. The topological polar surface area (TPSA) is 0 Å². The summed E-state index contributed by atoms with van der Waals surface area (Å²) in [5.74, 6) is 0. The maximum atomic E-state index is 4.39. The molecule has 1 rings (SSSR count). The fraction of sp³-hybridized carbons (Fsp3) is 0.600. The third-order valence-corrected chi connectivity index (χ3v) is 4.38. The van der Waals surface area contributed by atoms with Gasteiger partial charge in [0.1, 0.15) is 6.54 Å². The van der Waals surface area contributed by atoms with Crippen molar-refractivity contribution in [1.29, 1.82) is 0 Å². The molecule has 0 unspecified atom stereocenters. The Morgan fingerprint density at radius 1 is 0.857 bits per heavy atom. The number of hydrogen-bond donors (Lipinski definition) is 0. The smallest absolute Gasteiger partial charge is 0.104 e. The summed E-state index contributed by atoms with van der Waals surface area (Å²) in [6, 6.07) is 10.7. The minimum absolute atomic E-state index is 1.11. The average Bonchev–Trinajstić information content (AvgIpc) is 2.52. The van der Waals surface area contributed by atoms with Crippen LogP contribution >= 0.6 is 0 Å². The van der Waals surface area contributed by atoms with Gasteiger partial charge in [0.25, 0.3) is 0 Å². The van der Waals surface area contributed by atoms with Crippen molar-refractivity contribution in [2.45, 2.75) is 52.9 Å². The van der Waals surface area contributed by atoms with Gasteiger partial charge < -0.3 is 4.48 Å². The van der Waals surface area contributed by atoms with Crippen molar-refractivity contribution in [2.24, 2.45) is 0 Å². The van der Waals surface area contributed by atoms with E-state index in [1.54, 1.807) is 0 Å². The van der Waals surface area contributed by atoms with Gasteiger partial charge in [-0.05, 0) is 24.8 Å². The van der Waals surface area contributed by atoms with Crippen molar-refractivity contribution >= 4 is 5.57 Å². The molecule has 0 amide bonds. The van der Waals surface area contributed by atoms with E-state index in [-0.39, 0.29) is 0 Å². The summed E-state index contributed by atoms with van der Waals surface area (Å²) in [4.78, 5) is 0. The molecule has 0 aromatic heterocycles. The van der Waals surface area contributed by atoms with Crippen LogP contribution in [0.3, 0.4) is 0 Å². The van der Waals surface area contributed by atoms with E-state index in [9.17, 15) is 0 Å². The molecule has 0 saturated carbocycles. The minimum atomic E-state index is 1.11. The zero-order chi connectivity index (χ0) is 15.6. The van der Waals surface area contributed by atoms with E-state index in [0.717, 1.165) is 6.54 Å². The van der Waals surface area contributed by atoms with Crippen molar-refractivity contribution in [3.63, 3.8) is 0 Å². The van der Waals surface area contributed by atoms with Gasteiger partial charge in [-0.3, -0.25) is 0 Å². The van der Waals surface area contributed by atoms with Crippen LogP contribution in [0.15, 0.2) is 36.9 Å². The molecule has 0 bridgehead atoms. The molecule has 0 aliphatic heterocycles. The summed E-state index contributed by atoms with van der Waals surface area (Å²) in [5, 5.41) is 0. The highest BCUT2D eigenvalue weighted by atomic mass is 15.3. The van der Waals surface area contributed by atoms with Crippen LogP contribution in [-0.2, 0) is 0 Å². The van der Waals surface area contributed by atoms with E-state index in [0.29, 0.717) is 0 Å². The van der Waals surface area contributed by atoms with Crippen molar-refractivity contribution in [2.75, 3.05) is 26.2 Å². The van der Waals surface area contributed by atoms with Gasteiger partial charge >= 0.3 is 0 Å². The molecule has 1 nitrogen and oxygen atoms in total. The predicted octanol–water partition coefficient (Wildman–Crippen LogP) is 5.53. The summed E-state index contributed by atoms with van der Waals surface area (Å²) in [6.07, 6.45) is 6.48. The molecule has 1 heteroatoms. The van der Waals surface area contributed by atoms with Gasteiger partial charge in [0, 0.05) is 5.57 Å².